The van der Waals surface area contributed by atoms with Gasteiger partial charge < -0.3 is 9.80 Å². The van der Waals surface area contributed by atoms with Crippen molar-refractivity contribution in [2.75, 3.05) is 31.1 Å². The van der Waals surface area contributed by atoms with Crippen LogP contribution in [0.3, 0.4) is 0 Å². The molecule has 1 fully saturated rings. The Morgan fingerprint density at radius 1 is 1.12 bits per heavy atom. The Morgan fingerprint density at radius 3 is 2.88 bits per heavy atom. The van der Waals surface area contributed by atoms with Crippen LogP contribution in [0, 0.1) is 6.92 Å². The zero-order valence-electron chi connectivity index (χ0n) is 14.8. The maximum Gasteiger partial charge on any atom is 0.264 e. The van der Waals surface area contributed by atoms with Gasteiger partial charge in [0.15, 0.2) is 0 Å². The number of hydrogen-bond donors (Lipinski definition) is 0. The molecule has 25 heavy (non-hydrogen) atoms. The Morgan fingerprint density at radius 2 is 2.00 bits per heavy atom. The van der Waals surface area contributed by atoms with E-state index in [1.165, 1.54) is 35.2 Å². The molecular weight excluding hydrogens is 330 g/mol. The van der Waals surface area contributed by atoms with E-state index in [1.807, 2.05) is 12.4 Å². The van der Waals surface area contributed by atoms with Crippen molar-refractivity contribution in [3.8, 4) is 0 Å². The van der Waals surface area contributed by atoms with Crippen molar-refractivity contribution in [1.82, 2.24) is 9.88 Å². The zero-order chi connectivity index (χ0) is 17.2. The molecule has 4 rings (SSSR count). The van der Waals surface area contributed by atoms with Gasteiger partial charge in [0.05, 0.1) is 4.88 Å². The van der Waals surface area contributed by atoms with Gasteiger partial charge in [-0.3, -0.25) is 9.78 Å². The lowest BCUT2D eigenvalue weighted by molar-refractivity contribution is 0.0770. The van der Waals surface area contributed by atoms with E-state index in [0.717, 1.165) is 50.3 Å². The summed E-state index contributed by atoms with van der Waals surface area (Å²) in [7, 11) is 0. The maximum absolute atomic E-state index is 13.1. The SMILES string of the molecule is Cc1cnccc1N1CCCN(C(=O)c2scc3c2CCCC3)CC1. The van der Waals surface area contributed by atoms with Gasteiger partial charge in [0, 0.05) is 44.3 Å². The van der Waals surface area contributed by atoms with Crippen LogP contribution in [0.4, 0.5) is 5.69 Å². The largest absolute Gasteiger partial charge is 0.369 e. The van der Waals surface area contributed by atoms with E-state index < -0.39 is 0 Å². The number of fused-ring (bicyclic) bond motifs is 1. The second-order valence-electron chi connectivity index (χ2n) is 7.07. The molecule has 0 bridgehead atoms. The highest BCUT2D eigenvalue weighted by Crippen LogP contribution is 2.31. The molecule has 0 aromatic carbocycles. The summed E-state index contributed by atoms with van der Waals surface area (Å²) in [6.07, 6.45) is 9.50. The van der Waals surface area contributed by atoms with Gasteiger partial charge in [-0.25, -0.2) is 0 Å². The molecule has 1 saturated heterocycles. The Kier molecular flexibility index (Phi) is 4.75. The highest BCUT2D eigenvalue weighted by molar-refractivity contribution is 7.12. The number of pyridine rings is 1. The van der Waals surface area contributed by atoms with Gasteiger partial charge in [0.1, 0.15) is 0 Å². The normalized spacial score (nSPS) is 18.0. The van der Waals surface area contributed by atoms with Crippen LogP contribution in [0.25, 0.3) is 0 Å². The lowest BCUT2D eigenvalue weighted by atomic mass is 9.93. The average Bonchev–Trinajstić information content (AvgIpc) is 2.91. The first-order valence-electron chi connectivity index (χ1n) is 9.28. The predicted molar refractivity (Wildman–Crippen MR) is 103 cm³/mol. The first-order valence-corrected chi connectivity index (χ1v) is 10.2. The minimum atomic E-state index is 0.251. The van der Waals surface area contributed by atoms with Crippen molar-refractivity contribution in [2.24, 2.45) is 0 Å². The van der Waals surface area contributed by atoms with Crippen LogP contribution in [-0.2, 0) is 12.8 Å². The molecule has 0 unspecified atom stereocenters. The standard InChI is InChI=1S/C20H25N3OS/c1-15-13-21-8-7-18(15)22-9-4-10-23(12-11-22)20(24)19-17-6-3-2-5-16(17)14-25-19/h7-8,13-14H,2-6,9-12H2,1H3. The van der Waals surface area contributed by atoms with Gasteiger partial charge in [-0.1, -0.05) is 0 Å². The van der Waals surface area contributed by atoms with E-state index in [1.54, 1.807) is 11.3 Å². The third kappa shape index (κ3) is 3.30. The number of rotatable bonds is 2. The molecule has 0 N–H and O–H groups in total. The first kappa shape index (κ1) is 16.6. The molecule has 2 aliphatic rings. The Bertz CT molecular complexity index is 770. The van der Waals surface area contributed by atoms with Crippen molar-refractivity contribution in [3.63, 3.8) is 0 Å². The van der Waals surface area contributed by atoms with E-state index in [2.05, 4.69) is 33.2 Å². The molecule has 4 nitrogen and oxygen atoms in total. The van der Waals surface area contributed by atoms with E-state index in [4.69, 9.17) is 0 Å². The quantitative estimate of drug-likeness (QED) is 0.824. The third-order valence-electron chi connectivity index (χ3n) is 5.41. The summed E-state index contributed by atoms with van der Waals surface area (Å²) >= 11 is 1.66. The number of amides is 1. The summed E-state index contributed by atoms with van der Waals surface area (Å²) in [6, 6.07) is 2.09. The zero-order valence-corrected chi connectivity index (χ0v) is 15.6. The molecule has 0 radical (unpaired) electrons. The lowest BCUT2D eigenvalue weighted by Gasteiger charge is -2.25. The number of carbonyl (C=O) groups excluding carboxylic acids is 1. The summed E-state index contributed by atoms with van der Waals surface area (Å²) in [5, 5.41) is 2.21. The van der Waals surface area contributed by atoms with Crippen LogP contribution >= 0.6 is 11.3 Å². The molecular formula is C20H25N3OS. The summed E-state index contributed by atoms with van der Waals surface area (Å²) < 4.78 is 0. The van der Waals surface area contributed by atoms with Crippen LogP contribution in [0.1, 0.15) is 45.6 Å². The summed E-state index contributed by atoms with van der Waals surface area (Å²) in [4.78, 5) is 22.8. The lowest BCUT2D eigenvalue weighted by Crippen LogP contribution is -2.35. The summed E-state index contributed by atoms with van der Waals surface area (Å²) in [5.74, 6) is 0.251. The first-order chi connectivity index (χ1) is 12.2. The Balaban J connectivity index is 1.48. The predicted octanol–water partition coefficient (Wildman–Crippen LogP) is 3.68. The van der Waals surface area contributed by atoms with E-state index in [-0.39, 0.29) is 5.91 Å². The number of nitrogens with zero attached hydrogens (tertiary/aromatic N) is 3. The third-order valence-corrected chi connectivity index (χ3v) is 6.47. The van der Waals surface area contributed by atoms with Crippen molar-refractivity contribution < 1.29 is 4.79 Å². The highest BCUT2D eigenvalue weighted by atomic mass is 32.1. The van der Waals surface area contributed by atoms with E-state index in [0.29, 0.717) is 0 Å². The van der Waals surface area contributed by atoms with Gasteiger partial charge in [-0.15, -0.1) is 11.3 Å². The minimum Gasteiger partial charge on any atom is -0.369 e. The number of hydrogen-bond acceptors (Lipinski definition) is 4. The fourth-order valence-corrected chi connectivity index (χ4v) is 5.15. The second-order valence-corrected chi connectivity index (χ2v) is 7.95. The Labute approximate surface area is 153 Å². The van der Waals surface area contributed by atoms with Gasteiger partial charge in [0.25, 0.3) is 5.91 Å². The van der Waals surface area contributed by atoms with Crippen LogP contribution in [-0.4, -0.2) is 42.0 Å². The van der Waals surface area contributed by atoms with Gasteiger partial charge in [0.2, 0.25) is 0 Å². The second kappa shape index (κ2) is 7.16. The van der Waals surface area contributed by atoms with Crippen LogP contribution in [0.15, 0.2) is 23.8 Å². The number of thiophene rings is 1. The van der Waals surface area contributed by atoms with Gasteiger partial charge in [-0.05, 0) is 67.2 Å². The number of aryl methyl sites for hydroxylation is 2. The fraction of sp³-hybridized carbons (Fsp3) is 0.500. The van der Waals surface area contributed by atoms with Crippen molar-refractivity contribution in [1.29, 1.82) is 0 Å². The smallest absolute Gasteiger partial charge is 0.264 e. The average molecular weight is 356 g/mol. The number of carbonyl (C=O) groups is 1. The molecule has 3 heterocycles. The van der Waals surface area contributed by atoms with Crippen molar-refractivity contribution >= 4 is 22.9 Å². The molecule has 0 atom stereocenters. The molecule has 5 heteroatoms. The van der Waals surface area contributed by atoms with E-state index in [9.17, 15) is 4.79 Å². The number of anilines is 1. The molecule has 1 aliphatic carbocycles. The van der Waals surface area contributed by atoms with Crippen molar-refractivity contribution in [3.05, 3.63) is 45.4 Å². The monoisotopic (exact) mass is 355 g/mol. The van der Waals surface area contributed by atoms with Crippen LogP contribution in [0.5, 0.6) is 0 Å². The maximum atomic E-state index is 13.1. The van der Waals surface area contributed by atoms with Crippen LogP contribution < -0.4 is 4.90 Å². The molecule has 0 saturated carbocycles. The van der Waals surface area contributed by atoms with Crippen molar-refractivity contribution in [2.45, 2.75) is 39.0 Å². The van der Waals surface area contributed by atoms with E-state index >= 15 is 0 Å². The molecule has 2 aromatic heterocycles. The summed E-state index contributed by atoms with van der Waals surface area (Å²) in [6.45, 7) is 5.65. The number of aromatic nitrogens is 1. The van der Waals surface area contributed by atoms with Gasteiger partial charge in [-0.2, -0.15) is 0 Å². The molecule has 1 aliphatic heterocycles. The Hall–Kier alpha value is -1.88. The topological polar surface area (TPSA) is 36.4 Å². The molecule has 1 amide bonds. The molecule has 132 valence electrons. The highest BCUT2D eigenvalue weighted by Gasteiger charge is 2.26. The fourth-order valence-electron chi connectivity index (χ4n) is 4.02. The minimum absolute atomic E-state index is 0.251. The van der Waals surface area contributed by atoms with Crippen LogP contribution in [0.2, 0.25) is 0 Å². The van der Waals surface area contributed by atoms with Gasteiger partial charge >= 0.3 is 0 Å². The molecule has 2 aromatic rings. The molecule has 0 spiro atoms. The summed E-state index contributed by atoms with van der Waals surface area (Å²) in [5.41, 5.74) is 5.21.